The molecule has 9 nitrogen and oxygen atoms in total. The van der Waals surface area contributed by atoms with E-state index in [4.69, 9.17) is 22.3 Å². The average molecular weight is 594 g/mol. The normalized spacial score (nSPS) is 11.3. The van der Waals surface area contributed by atoms with Crippen LogP contribution in [0.2, 0.25) is 5.02 Å². The van der Waals surface area contributed by atoms with Gasteiger partial charge in [0.15, 0.2) is 10.9 Å². The first-order valence-electron chi connectivity index (χ1n) is 12.1. The topological polar surface area (TPSA) is 122 Å². The summed E-state index contributed by atoms with van der Waals surface area (Å²) in [7, 11) is 2.68. The number of carbonyl (C=O) groups is 1. The van der Waals surface area contributed by atoms with Gasteiger partial charge in [0.05, 0.1) is 17.7 Å². The molecular formula is C28H24ClN5O4S2. The van der Waals surface area contributed by atoms with E-state index in [2.05, 4.69) is 0 Å². The first-order chi connectivity index (χ1) is 19.1. The van der Waals surface area contributed by atoms with E-state index < -0.39 is 17.0 Å². The molecule has 0 aliphatic heterocycles. The van der Waals surface area contributed by atoms with Crippen molar-refractivity contribution in [3.8, 4) is 11.1 Å². The molecule has 0 radical (unpaired) electrons. The molecule has 0 saturated heterocycles. The fourth-order valence-electron chi connectivity index (χ4n) is 4.51. The Morgan fingerprint density at radius 2 is 1.75 bits per heavy atom. The SMILES string of the molecule is Cc1sc2nc(SCC(=O)c3c(N)n(C)c(=O)n(C)c3=O)n(Cc3ccccc3)c(=O)c2c1-c1cccc(Cl)c1. The van der Waals surface area contributed by atoms with Gasteiger partial charge in [0.1, 0.15) is 16.2 Å². The van der Waals surface area contributed by atoms with Gasteiger partial charge in [-0.1, -0.05) is 65.8 Å². The molecule has 2 aromatic carbocycles. The van der Waals surface area contributed by atoms with Crippen LogP contribution in [0.25, 0.3) is 21.3 Å². The second kappa shape index (κ2) is 10.9. The number of nitrogens with two attached hydrogens (primary N) is 1. The molecular weight excluding hydrogens is 570 g/mol. The fraction of sp³-hybridized carbons (Fsp3) is 0.179. The van der Waals surface area contributed by atoms with Crippen LogP contribution in [0.1, 0.15) is 20.8 Å². The maximum absolute atomic E-state index is 14.1. The number of hydrogen-bond acceptors (Lipinski definition) is 8. The molecule has 3 aromatic heterocycles. The number of Topliss-reactive ketones (excluding diaryl/α,β-unsaturated/α-hetero) is 1. The van der Waals surface area contributed by atoms with Crippen molar-refractivity contribution in [1.82, 2.24) is 18.7 Å². The molecule has 40 heavy (non-hydrogen) atoms. The lowest BCUT2D eigenvalue weighted by Gasteiger charge is -2.14. The second-order valence-corrected chi connectivity index (χ2v) is 11.8. The third-order valence-electron chi connectivity index (χ3n) is 6.57. The summed E-state index contributed by atoms with van der Waals surface area (Å²) in [5.74, 6) is -0.985. The molecule has 204 valence electrons. The monoisotopic (exact) mass is 593 g/mol. The number of nitrogens with zero attached hydrogens (tertiary/aromatic N) is 4. The van der Waals surface area contributed by atoms with E-state index in [1.54, 1.807) is 6.07 Å². The zero-order valence-corrected chi connectivity index (χ0v) is 24.2. The summed E-state index contributed by atoms with van der Waals surface area (Å²) >= 11 is 8.69. The number of aryl methyl sites for hydroxylation is 1. The van der Waals surface area contributed by atoms with Gasteiger partial charge >= 0.3 is 5.69 Å². The number of anilines is 1. The van der Waals surface area contributed by atoms with Gasteiger partial charge in [0, 0.05) is 29.6 Å². The molecule has 2 N–H and O–H groups in total. The average Bonchev–Trinajstić information content (AvgIpc) is 3.28. The molecule has 0 spiro atoms. The highest BCUT2D eigenvalue weighted by Crippen LogP contribution is 2.37. The Bertz CT molecular complexity index is 1980. The highest BCUT2D eigenvalue weighted by molar-refractivity contribution is 7.99. The lowest BCUT2D eigenvalue weighted by atomic mass is 10.0. The van der Waals surface area contributed by atoms with Crippen LogP contribution in [0, 0.1) is 6.92 Å². The maximum Gasteiger partial charge on any atom is 0.332 e. The number of nitrogen functional groups attached to an aromatic ring is 1. The number of thiophene rings is 1. The Balaban J connectivity index is 1.63. The summed E-state index contributed by atoms with van der Waals surface area (Å²) in [5.41, 5.74) is 6.54. The predicted molar refractivity (Wildman–Crippen MR) is 161 cm³/mol. The minimum absolute atomic E-state index is 0.205. The molecule has 0 unspecified atom stereocenters. The van der Waals surface area contributed by atoms with Crippen LogP contribution < -0.4 is 22.5 Å². The number of aromatic nitrogens is 4. The van der Waals surface area contributed by atoms with Crippen molar-refractivity contribution in [3.63, 3.8) is 0 Å². The van der Waals surface area contributed by atoms with Gasteiger partial charge in [-0.2, -0.15) is 0 Å². The first-order valence-corrected chi connectivity index (χ1v) is 14.3. The van der Waals surface area contributed by atoms with Gasteiger partial charge in [-0.05, 0) is 30.2 Å². The van der Waals surface area contributed by atoms with Crippen LogP contribution in [0.3, 0.4) is 0 Å². The third kappa shape index (κ3) is 4.91. The van der Waals surface area contributed by atoms with E-state index >= 15 is 0 Å². The number of fused-ring (bicyclic) bond motifs is 1. The van der Waals surface area contributed by atoms with Gasteiger partial charge < -0.3 is 5.73 Å². The zero-order chi connectivity index (χ0) is 28.7. The van der Waals surface area contributed by atoms with Crippen LogP contribution in [-0.4, -0.2) is 30.2 Å². The van der Waals surface area contributed by atoms with Crippen molar-refractivity contribution in [1.29, 1.82) is 0 Å². The molecule has 0 amide bonds. The van der Waals surface area contributed by atoms with Crippen molar-refractivity contribution < 1.29 is 4.79 Å². The maximum atomic E-state index is 14.1. The number of thioether (sulfide) groups is 1. The Hall–Kier alpha value is -3.93. The summed E-state index contributed by atoms with van der Waals surface area (Å²) in [4.78, 5) is 58.4. The van der Waals surface area contributed by atoms with Crippen molar-refractivity contribution in [2.45, 2.75) is 18.6 Å². The molecule has 0 fully saturated rings. The number of hydrogen-bond donors (Lipinski definition) is 1. The van der Waals surface area contributed by atoms with Crippen molar-refractivity contribution >= 4 is 56.5 Å². The van der Waals surface area contributed by atoms with E-state index in [0.29, 0.717) is 20.4 Å². The van der Waals surface area contributed by atoms with Gasteiger partial charge in [-0.15, -0.1) is 11.3 Å². The molecule has 12 heteroatoms. The highest BCUT2D eigenvalue weighted by Gasteiger charge is 2.24. The fourth-order valence-corrected chi connectivity index (χ4v) is 6.65. The van der Waals surface area contributed by atoms with Gasteiger partial charge in [-0.3, -0.25) is 28.1 Å². The van der Waals surface area contributed by atoms with E-state index in [0.717, 1.165) is 42.5 Å². The lowest BCUT2D eigenvalue weighted by Crippen LogP contribution is -2.41. The van der Waals surface area contributed by atoms with E-state index in [1.165, 1.54) is 30.0 Å². The van der Waals surface area contributed by atoms with Gasteiger partial charge in [-0.25, -0.2) is 9.78 Å². The van der Waals surface area contributed by atoms with E-state index in [9.17, 15) is 19.2 Å². The minimum atomic E-state index is -0.767. The van der Waals surface area contributed by atoms with Crippen LogP contribution in [-0.2, 0) is 20.6 Å². The number of halogens is 1. The summed E-state index contributed by atoms with van der Waals surface area (Å²) in [6.07, 6.45) is 0. The van der Waals surface area contributed by atoms with E-state index in [1.807, 2.05) is 55.5 Å². The number of ketones is 1. The Morgan fingerprint density at radius 1 is 1.02 bits per heavy atom. The standard InChI is InChI=1S/C28H24ClN5O4S2/c1-15-20(17-10-7-11-18(29)12-17)22-24(40-15)31-27(34(26(22)37)13-16-8-5-4-6-9-16)39-14-19(35)21-23(30)32(2)28(38)33(3)25(21)36/h4-12H,13-14,30H2,1-3H3. The molecule has 0 atom stereocenters. The molecule has 5 rings (SSSR count). The van der Waals surface area contributed by atoms with Crippen molar-refractivity contribution in [3.05, 3.63) is 107 Å². The smallest absolute Gasteiger partial charge is 0.332 e. The van der Waals surface area contributed by atoms with Crippen molar-refractivity contribution in [2.75, 3.05) is 11.5 Å². The molecule has 0 aliphatic carbocycles. The Kier molecular flexibility index (Phi) is 7.54. The molecule has 5 aromatic rings. The lowest BCUT2D eigenvalue weighted by molar-refractivity contribution is 0.102. The third-order valence-corrected chi connectivity index (χ3v) is 8.78. The number of benzene rings is 2. The number of carbonyl (C=O) groups excluding carboxylic acids is 1. The zero-order valence-electron chi connectivity index (χ0n) is 21.8. The van der Waals surface area contributed by atoms with Crippen LogP contribution in [0.15, 0.2) is 74.1 Å². The largest absolute Gasteiger partial charge is 0.384 e. The number of rotatable bonds is 7. The molecule has 0 aliphatic rings. The molecule has 0 saturated carbocycles. The van der Waals surface area contributed by atoms with Gasteiger partial charge in [0.2, 0.25) is 0 Å². The quantitative estimate of drug-likeness (QED) is 0.171. The highest BCUT2D eigenvalue weighted by atomic mass is 35.5. The second-order valence-electron chi connectivity index (χ2n) is 9.17. The van der Waals surface area contributed by atoms with E-state index in [-0.39, 0.29) is 29.2 Å². The van der Waals surface area contributed by atoms with Crippen LogP contribution in [0.5, 0.6) is 0 Å². The summed E-state index contributed by atoms with van der Waals surface area (Å²) in [6.45, 7) is 2.16. The van der Waals surface area contributed by atoms with Crippen LogP contribution in [0.4, 0.5) is 5.82 Å². The minimum Gasteiger partial charge on any atom is -0.384 e. The Morgan fingerprint density at radius 3 is 2.45 bits per heavy atom. The molecule has 3 heterocycles. The Labute approximate surface area is 241 Å². The van der Waals surface area contributed by atoms with Crippen molar-refractivity contribution in [2.24, 2.45) is 14.1 Å². The first kappa shape index (κ1) is 27.6. The predicted octanol–water partition coefficient (Wildman–Crippen LogP) is 4.09. The van der Waals surface area contributed by atoms with Crippen LogP contribution >= 0.6 is 34.7 Å². The van der Waals surface area contributed by atoms with Gasteiger partial charge in [0.25, 0.3) is 11.1 Å². The summed E-state index contributed by atoms with van der Waals surface area (Å²) in [6, 6.07) is 16.8. The summed E-state index contributed by atoms with van der Waals surface area (Å²) in [5, 5.41) is 1.37. The molecule has 0 bridgehead atoms. The summed E-state index contributed by atoms with van der Waals surface area (Å²) < 4.78 is 3.44.